The first-order chi connectivity index (χ1) is 14.4. The number of rotatable bonds is 12. The van der Waals surface area contributed by atoms with E-state index in [2.05, 4.69) is 0 Å². The highest BCUT2D eigenvalue weighted by atomic mass is 35.5. The normalized spacial score (nSPS) is 10.4. The maximum atomic E-state index is 11.3. The molecule has 0 radical (unpaired) electrons. The quantitative estimate of drug-likeness (QED) is 0.227. The molecule has 0 N–H and O–H groups in total. The van der Waals surface area contributed by atoms with Crippen LogP contribution in [0.4, 0.5) is 0 Å². The Balaban J connectivity index is 1.67. The van der Waals surface area contributed by atoms with Crippen LogP contribution in [0.15, 0.2) is 47.0 Å². The van der Waals surface area contributed by atoms with E-state index in [0.717, 1.165) is 25.0 Å². The summed E-state index contributed by atoms with van der Waals surface area (Å²) in [4.78, 5) is 11.3. The van der Waals surface area contributed by atoms with E-state index in [0.29, 0.717) is 40.3 Å². The third-order valence-electron chi connectivity index (χ3n) is 4.02. The Bertz CT molecular complexity index is 839. The Morgan fingerprint density at radius 1 is 0.867 bits per heavy atom. The minimum absolute atomic E-state index is 0.0392. The minimum atomic E-state index is 0.0392. The number of halogens is 4. The lowest BCUT2D eigenvalue weighted by Crippen LogP contribution is -2.02. The smallest absolute Gasteiger partial charge is 0.159 e. The van der Waals surface area contributed by atoms with Crippen molar-refractivity contribution in [3.8, 4) is 17.2 Å². The molecule has 8 heteroatoms. The molecule has 0 saturated heterocycles. The van der Waals surface area contributed by atoms with E-state index >= 15 is 0 Å². The first-order valence-electron chi connectivity index (χ1n) is 9.36. The molecule has 162 valence electrons. The van der Waals surface area contributed by atoms with Gasteiger partial charge in [-0.1, -0.05) is 46.4 Å². The van der Waals surface area contributed by atoms with Crippen LogP contribution >= 0.6 is 46.4 Å². The maximum absolute atomic E-state index is 11.3. The molecule has 0 aliphatic carbocycles. The van der Waals surface area contributed by atoms with Crippen molar-refractivity contribution < 1.29 is 19.0 Å². The zero-order valence-electron chi connectivity index (χ0n) is 16.4. The zero-order valence-corrected chi connectivity index (χ0v) is 19.5. The minimum Gasteiger partial charge on any atom is -0.494 e. The molecule has 0 aliphatic heterocycles. The number of unbranched alkanes of at least 4 members (excludes halogenated alkanes) is 2. The van der Waals surface area contributed by atoms with Crippen molar-refractivity contribution in [2.45, 2.75) is 26.2 Å². The van der Waals surface area contributed by atoms with Crippen LogP contribution in [-0.2, 0) is 0 Å². The van der Waals surface area contributed by atoms with Crippen molar-refractivity contribution in [1.82, 2.24) is 0 Å². The molecule has 0 fully saturated rings. The first kappa shape index (κ1) is 24.7. The topological polar surface area (TPSA) is 44.8 Å². The van der Waals surface area contributed by atoms with Crippen LogP contribution < -0.4 is 14.2 Å². The molecule has 30 heavy (non-hydrogen) atoms. The van der Waals surface area contributed by atoms with E-state index in [-0.39, 0.29) is 16.9 Å². The van der Waals surface area contributed by atoms with E-state index in [4.69, 9.17) is 60.6 Å². The van der Waals surface area contributed by atoms with E-state index < -0.39 is 0 Å². The molecule has 2 aromatic rings. The van der Waals surface area contributed by atoms with Crippen LogP contribution in [0, 0.1) is 0 Å². The van der Waals surface area contributed by atoms with Gasteiger partial charge in [-0.05, 0) is 56.5 Å². The average molecular weight is 492 g/mol. The van der Waals surface area contributed by atoms with E-state index in [1.165, 1.54) is 13.0 Å². The third-order valence-corrected chi connectivity index (χ3v) is 4.89. The summed E-state index contributed by atoms with van der Waals surface area (Å²) < 4.78 is 17.0. The van der Waals surface area contributed by atoms with E-state index in [1.807, 2.05) is 0 Å². The van der Waals surface area contributed by atoms with Crippen LogP contribution in [0.5, 0.6) is 17.2 Å². The molecule has 0 aliphatic rings. The van der Waals surface area contributed by atoms with E-state index in [9.17, 15) is 4.79 Å². The number of ether oxygens (including phenoxy) is 3. The molecular formula is C22H22Cl4O4. The first-order valence-corrected chi connectivity index (χ1v) is 10.9. The second-order valence-corrected chi connectivity index (χ2v) is 8.18. The van der Waals surface area contributed by atoms with Gasteiger partial charge in [0.15, 0.2) is 11.5 Å². The van der Waals surface area contributed by atoms with Gasteiger partial charge in [0.2, 0.25) is 0 Å². The molecule has 2 rings (SSSR count). The highest BCUT2D eigenvalue weighted by Gasteiger charge is 2.10. The van der Waals surface area contributed by atoms with Gasteiger partial charge in [0, 0.05) is 17.7 Å². The Kier molecular flexibility index (Phi) is 10.7. The van der Waals surface area contributed by atoms with Gasteiger partial charge in [-0.3, -0.25) is 4.79 Å². The van der Waals surface area contributed by atoms with Crippen LogP contribution in [0.3, 0.4) is 0 Å². The van der Waals surface area contributed by atoms with Gasteiger partial charge < -0.3 is 14.2 Å². The predicted molar refractivity (Wildman–Crippen MR) is 123 cm³/mol. The summed E-state index contributed by atoms with van der Waals surface area (Å²) in [5.74, 6) is 1.72. The predicted octanol–water partition coefficient (Wildman–Crippen LogP) is 7.52. The van der Waals surface area contributed by atoms with E-state index in [1.54, 1.807) is 36.4 Å². The fourth-order valence-corrected chi connectivity index (χ4v) is 3.19. The molecule has 0 unspecified atom stereocenters. The third kappa shape index (κ3) is 8.65. The van der Waals surface area contributed by atoms with Crippen LogP contribution in [-0.4, -0.2) is 25.6 Å². The fourth-order valence-electron chi connectivity index (χ4n) is 2.49. The second-order valence-electron chi connectivity index (χ2n) is 6.36. The summed E-state index contributed by atoms with van der Waals surface area (Å²) in [5, 5.41) is 0.742. The summed E-state index contributed by atoms with van der Waals surface area (Å²) in [7, 11) is 0. The number of ketones is 1. The van der Waals surface area contributed by atoms with Crippen molar-refractivity contribution in [3.05, 3.63) is 62.6 Å². The molecule has 0 amide bonds. The van der Waals surface area contributed by atoms with Gasteiger partial charge in [-0.2, -0.15) is 0 Å². The fraction of sp³-hybridized carbons (Fsp3) is 0.318. The van der Waals surface area contributed by atoms with Gasteiger partial charge in [0.1, 0.15) is 22.6 Å². The van der Waals surface area contributed by atoms with Crippen LogP contribution in [0.1, 0.15) is 36.5 Å². The molecule has 0 spiro atoms. The van der Waals surface area contributed by atoms with Gasteiger partial charge in [-0.25, -0.2) is 0 Å². The Labute approximate surface area is 196 Å². The Hall–Kier alpha value is -1.59. The van der Waals surface area contributed by atoms with Crippen molar-refractivity contribution in [2.75, 3.05) is 19.8 Å². The number of hydrogen-bond acceptors (Lipinski definition) is 4. The Morgan fingerprint density at radius 2 is 1.47 bits per heavy atom. The van der Waals surface area contributed by atoms with Gasteiger partial charge in [0.25, 0.3) is 0 Å². The lowest BCUT2D eigenvalue weighted by Gasteiger charge is -2.12. The molecule has 0 bridgehead atoms. The summed E-state index contributed by atoms with van der Waals surface area (Å²) >= 11 is 23.6. The summed E-state index contributed by atoms with van der Waals surface area (Å²) in [6, 6.07) is 10.4. The van der Waals surface area contributed by atoms with Crippen molar-refractivity contribution >= 4 is 52.2 Å². The number of Topliss-reactive ketones (excluding diaryl/α,β-unsaturated/α-hetero) is 1. The highest BCUT2D eigenvalue weighted by molar-refractivity contribution is 6.55. The Morgan fingerprint density at radius 3 is 2.03 bits per heavy atom. The molecule has 0 heterocycles. The molecule has 0 aromatic heterocycles. The number of carbonyl (C=O) groups excluding carboxylic acids is 1. The number of hydrogen-bond donors (Lipinski definition) is 0. The SMILES string of the molecule is CC(=O)c1ccc(OCCCCCOc2c(Cl)cc(OCC=C(Cl)Cl)cc2Cl)cc1. The van der Waals surface area contributed by atoms with Gasteiger partial charge in [0.05, 0.1) is 23.3 Å². The van der Waals surface area contributed by atoms with Crippen molar-refractivity contribution in [3.63, 3.8) is 0 Å². The molecular weight excluding hydrogens is 470 g/mol. The number of benzene rings is 2. The maximum Gasteiger partial charge on any atom is 0.159 e. The lowest BCUT2D eigenvalue weighted by atomic mass is 10.1. The monoisotopic (exact) mass is 490 g/mol. The average Bonchev–Trinajstić information content (AvgIpc) is 2.69. The molecule has 2 aromatic carbocycles. The molecule has 4 nitrogen and oxygen atoms in total. The number of carbonyl (C=O) groups is 1. The van der Waals surface area contributed by atoms with Crippen molar-refractivity contribution in [2.24, 2.45) is 0 Å². The van der Waals surface area contributed by atoms with Crippen LogP contribution in [0.2, 0.25) is 10.0 Å². The largest absolute Gasteiger partial charge is 0.494 e. The zero-order chi connectivity index (χ0) is 21.9. The summed E-state index contributed by atoms with van der Waals surface area (Å²) in [6.07, 6.45) is 4.15. The van der Waals surface area contributed by atoms with Gasteiger partial charge in [-0.15, -0.1) is 0 Å². The lowest BCUT2D eigenvalue weighted by molar-refractivity contribution is 0.101. The summed E-state index contributed by atoms with van der Waals surface area (Å²) in [6.45, 7) is 2.82. The summed E-state index contributed by atoms with van der Waals surface area (Å²) in [5.41, 5.74) is 0.674. The molecule has 0 atom stereocenters. The van der Waals surface area contributed by atoms with Crippen LogP contribution in [0.25, 0.3) is 0 Å². The molecule has 0 saturated carbocycles. The standard InChI is InChI=1S/C22H22Cl4O4/c1-15(27)16-5-7-17(8-6-16)28-10-3-2-4-11-30-22-19(23)13-18(14-20(22)24)29-12-9-21(25)26/h5-9,13-14H,2-4,10-12H2,1H3. The second kappa shape index (κ2) is 13.0. The highest BCUT2D eigenvalue weighted by Crippen LogP contribution is 2.37. The van der Waals surface area contributed by atoms with Crippen molar-refractivity contribution in [1.29, 1.82) is 0 Å². The van der Waals surface area contributed by atoms with Gasteiger partial charge >= 0.3 is 0 Å².